The molecule has 1 fully saturated rings. The van der Waals surface area contributed by atoms with Gasteiger partial charge in [0.15, 0.2) is 0 Å². The number of carbonyl (C=O) groups is 1. The lowest BCUT2D eigenvalue weighted by Crippen LogP contribution is -2.18. The molecule has 0 radical (unpaired) electrons. The van der Waals surface area contributed by atoms with Gasteiger partial charge in [-0.15, -0.1) is 0 Å². The minimum Gasteiger partial charge on any atom is -0.489 e. The lowest BCUT2D eigenvalue weighted by molar-refractivity contribution is -0.116. The van der Waals surface area contributed by atoms with Crippen LogP contribution in [0, 0.1) is 0 Å². The van der Waals surface area contributed by atoms with Crippen molar-refractivity contribution in [2.45, 2.75) is 38.3 Å². The molecule has 0 spiro atoms. The van der Waals surface area contributed by atoms with E-state index in [1.165, 1.54) is 6.33 Å². The van der Waals surface area contributed by atoms with Crippen LogP contribution in [0.3, 0.4) is 0 Å². The molecule has 2 heterocycles. The Labute approximate surface area is 141 Å². The molecular weight excluding hydrogens is 308 g/mol. The lowest BCUT2D eigenvalue weighted by Gasteiger charge is -2.15. The minimum absolute atomic E-state index is 0.0386. The molecule has 7 nitrogen and oxygen atoms in total. The smallest absolute Gasteiger partial charge is 0.224 e. The predicted molar refractivity (Wildman–Crippen MR) is 88.8 cm³/mol. The van der Waals surface area contributed by atoms with Gasteiger partial charge in [0.25, 0.3) is 0 Å². The number of anilines is 1. The number of aryl methyl sites for hydroxylation is 1. The third kappa shape index (κ3) is 4.79. The lowest BCUT2D eigenvalue weighted by atomic mass is 10.2. The topological polar surface area (TPSA) is 78.3 Å². The van der Waals surface area contributed by atoms with E-state index in [4.69, 9.17) is 9.47 Å². The maximum absolute atomic E-state index is 12.1. The van der Waals surface area contributed by atoms with Gasteiger partial charge in [0.1, 0.15) is 25.0 Å². The maximum atomic E-state index is 12.1. The molecule has 24 heavy (non-hydrogen) atoms. The normalized spacial score (nSPS) is 16.9. The van der Waals surface area contributed by atoms with Gasteiger partial charge in [-0.25, -0.2) is 4.98 Å². The highest BCUT2D eigenvalue weighted by Gasteiger charge is 2.17. The van der Waals surface area contributed by atoms with Gasteiger partial charge in [0.05, 0.1) is 11.8 Å². The van der Waals surface area contributed by atoms with Crippen molar-refractivity contribution in [3.05, 3.63) is 36.9 Å². The second-order valence-electron chi connectivity index (χ2n) is 5.75. The van der Waals surface area contributed by atoms with Crippen LogP contribution in [-0.4, -0.2) is 40.0 Å². The fourth-order valence-electron chi connectivity index (χ4n) is 2.62. The van der Waals surface area contributed by atoms with E-state index in [9.17, 15) is 4.79 Å². The Hall–Kier alpha value is -2.41. The van der Waals surface area contributed by atoms with Crippen molar-refractivity contribution in [1.82, 2.24) is 14.8 Å². The molecule has 1 aliphatic heterocycles. The number of nitrogens with one attached hydrogen (secondary N) is 1. The molecule has 2 aromatic rings. The van der Waals surface area contributed by atoms with Crippen LogP contribution < -0.4 is 10.1 Å². The molecule has 7 heteroatoms. The summed E-state index contributed by atoms with van der Waals surface area (Å²) in [5, 5.41) is 6.93. The second-order valence-corrected chi connectivity index (χ2v) is 5.75. The Morgan fingerprint density at radius 3 is 3.12 bits per heavy atom. The Morgan fingerprint density at radius 1 is 1.42 bits per heavy atom. The average molecular weight is 330 g/mol. The van der Waals surface area contributed by atoms with E-state index in [1.54, 1.807) is 11.0 Å². The second kappa shape index (κ2) is 8.44. The summed E-state index contributed by atoms with van der Waals surface area (Å²) in [5.41, 5.74) is 0.696. The van der Waals surface area contributed by atoms with Crippen molar-refractivity contribution in [3.8, 4) is 5.75 Å². The molecule has 1 aliphatic rings. The number of hydrogen-bond donors (Lipinski definition) is 1. The first-order valence-corrected chi connectivity index (χ1v) is 8.27. The zero-order valence-electron chi connectivity index (χ0n) is 13.6. The van der Waals surface area contributed by atoms with Crippen molar-refractivity contribution >= 4 is 11.6 Å². The van der Waals surface area contributed by atoms with Crippen LogP contribution in [0.5, 0.6) is 5.75 Å². The molecule has 1 unspecified atom stereocenters. The van der Waals surface area contributed by atoms with E-state index in [-0.39, 0.29) is 12.0 Å². The summed E-state index contributed by atoms with van der Waals surface area (Å²) in [6.07, 6.45) is 6.51. The number of para-hydroxylation sites is 2. The van der Waals surface area contributed by atoms with Crippen molar-refractivity contribution < 1.29 is 14.3 Å². The molecule has 1 atom stereocenters. The number of ether oxygens (including phenoxy) is 2. The number of carbonyl (C=O) groups excluding carboxylic acids is 1. The highest BCUT2D eigenvalue weighted by atomic mass is 16.5. The molecule has 1 N–H and O–H groups in total. The van der Waals surface area contributed by atoms with Crippen molar-refractivity contribution in [3.63, 3.8) is 0 Å². The maximum Gasteiger partial charge on any atom is 0.224 e. The third-order valence-corrected chi connectivity index (χ3v) is 3.87. The highest BCUT2D eigenvalue weighted by Crippen LogP contribution is 2.25. The summed E-state index contributed by atoms with van der Waals surface area (Å²) in [6, 6.07) is 7.48. The molecule has 128 valence electrons. The number of hydrogen-bond acceptors (Lipinski definition) is 5. The summed E-state index contributed by atoms with van der Waals surface area (Å²) in [4.78, 5) is 16.0. The first kappa shape index (κ1) is 16.4. The molecular formula is C17H22N4O3. The van der Waals surface area contributed by atoms with Gasteiger partial charge < -0.3 is 14.8 Å². The molecule has 1 saturated heterocycles. The van der Waals surface area contributed by atoms with Gasteiger partial charge in [-0.05, 0) is 31.4 Å². The molecule has 1 aromatic carbocycles. The Morgan fingerprint density at radius 2 is 2.33 bits per heavy atom. The fourth-order valence-corrected chi connectivity index (χ4v) is 2.62. The van der Waals surface area contributed by atoms with Gasteiger partial charge in [0, 0.05) is 19.6 Å². The summed E-state index contributed by atoms with van der Waals surface area (Å²) < 4.78 is 13.1. The van der Waals surface area contributed by atoms with E-state index in [1.807, 2.05) is 24.3 Å². The molecule has 1 aromatic heterocycles. The molecule has 1 amide bonds. The van der Waals surface area contributed by atoms with E-state index in [0.29, 0.717) is 37.4 Å². The van der Waals surface area contributed by atoms with Crippen LogP contribution in [0.25, 0.3) is 0 Å². The standard InChI is InChI=1S/C17H22N4O3/c22-17(8-3-9-21-13-18-12-19-21)20-15-6-1-2-7-16(15)24-11-14-5-4-10-23-14/h1-2,6-7,12-14H,3-5,8-11H2,(H,20,22). The van der Waals surface area contributed by atoms with Gasteiger partial charge in [0.2, 0.25) is 5.91 Å². The minimum atomic E-state index is -0.0386. The summed E-state index contributed by atoms with van der Waals surface area (Å²) in [7, 11) is 0. The van der Waals surface area contributed by atoms with Crippen molar-refractivity contribution in [2.24, 2.45) is 0 Å². The van der Waals surface area contributed by atoms with E-state index < -0.39 is 0 Å². The first-order chi connectivity index (χ1) is 11.8. The Bertz CT molecular complexity index is 639. The number of nitrogens with zero attached hydrogens (tertiary/aromatic N) is 3. The number of rotatable bonds is 8. The summed E-state index contributed by atoms with van der Waals surface area (Å²) in [5.74, 6) is 0.640. The van der Waals surface area contributed by atoms with E-state index >= 15 is 0 Å². The molecule has 0 aliphatic carbocycles. The van der Waals surface area contributed by atoms with E-state index in [2.05, 4.69) is 15.4 Å². The predicted octanol–water partition coefficient (Wildman–Crippen LogP) is 2.25. The van der Waals surface area contributed by atoms with Gasteiger partial charge >= 0.3 is 0 Å². The fraction of sp³-hybridized carbons (Fsp3) is 0.471. The van der Waals surface area contributed by atoms with Gasteiger partial charge in [-0.2, -0.15) is 5.10 Å². The molecule has 0 saturated carbocycles. The van der Waals surface area contributed by atoms with Crippen LogP contribution in [0.1, 0.15) is 25.7 Å². The third-order valence-electron chi connectivity index (χ3n) is 3.87. The molecule has 0 bridgehead atoms. The monoisotopic (exact) mass is 330 g/mol. The van der Waals surface area contributed by atoms with Crippen LogP contribution in [0.2, 0.25) is 0 Å². The van der Waals surface area contributed by atoms with Gasteiger partial charge in [-0.3, -0.25) is 9.48 Å². The highest BCUT2D eigenvalue weighted by molar-refractivity contribution is 5.92. The van der Waals surface area contributed by atoms with Crippen molar-refractivity contribution in [2.75, 3.05) is 18.5 Å². The number of amides is 1. The zero-order valence-corrected chi connectivity index (χ0v) is 13.6. The van der Waals surface area contributed by atoms with Crippen LogP contribution >= 0.6 is 0 Å². The van der Waals surface area contributed by atoms with E-state index in [0.717, 1.165) is 19.4 Å². The average Bonchev–Trinajstić information content (AvgIpc) is 3.28. The largest absolute Gasteiger partial charge is 0.489 e. The van der Waals surface area contributed by atoms with Crippen LogP contribution in [-0.2, 0) is 16.1 Å². The Kier molecular flexibility index (Phi) is 5.79. The quantitative estimate of drug-likeness (QED) is 0.803. The number of benzene rings is 1. The Balaban J connectivity index is 1.47. The zero-order chi connectivity index (χ0) is 16.6. The summed E-state index contributed by atoms with van der Waals surface area (Å²) in [6.45, 7) is 1.99. The summed E-state index contributed by atoms with van der Waals surface area (Å²) >= 11 is 0. The van der Waals surface area contributed by atoms with Crippen LogP contribution in [0.15, 0.2) is 36.9 Å². The first-order valence-electron chi connectivity index (χ1n) is 8.27. The van der Waals surface area contributed by atoms with Crippen molar-refractivity contribution in [1.29, 1.82) is 0 Å². The van der Waals surface area contributed by atoms with Gasteiger partial charge in [-0.1, -0.05) is 12.1 Å². The van der Waals surface area contributed by atoms with Crippen LogP contribution in [0.4, 0.5) is 5.69 Å². The molecule has 3 rings (SSSR count). The number of aromatic nitrogens is 3. The SMILES string of the molecule is O=C(CCCn1cncn1)Nc1ccccc1OCC1CCCO1.